The molecule has 1 aliphatic rings. The van der Waals surface area contributed by atoms with E-state index >= 15 is 0 Å². The number of furan rings is 1. The van der Waals surface area contributed by atoms with E-state index in [2.05, 4.69) is 26.0 Å². The number of halogens is 3. The van der Waals surface area contributed by atoms with Crippen molar-refractivity contribution in [1.82, 2.24) is 19.9 Å². The molecule has 7 nitrogen and oxygen atoms in total. The monoisotopic (exact) mass is 454 g/mol. The zero-order chi connectivity index (χ0) is 22.3. The highest BCUT2D eigenvalue weighted by molar-refractivity contribution is 7.99. The summed E-state index contributed by atoms with van der Waals surface area (Å²) in [6.45, 7) is 0.749. The number of alkyl halides is 3. The molecule has 1 fully saturated rings. The molecule has 0 aromatic carbocycles. The first-order valence-electron chi connectivity index (χ1n) is 9.51. The van der Waals surface area contributed by atoms with Gasteiger partial charge in [0.2, 0.25) is 0 Å². The van der Waals surface area contributed by atoms with E-state index < -0.39 is 12.1 Å². The van der Waals surface area contributed by atoms with Crippen LogP contribution in [0.4, 0.5) is 13.2 Å². The Morgan fingerprint density at radius 1 is 1.26 bits per heavy atom. The first-order chi connectivity index (χ1) is 14.8. The van der Waals surface area contributed by atoms with E-state index in [0.717, 1.165) is 22.4 Å². The van der Waals surface area contributed by atoms with Gasteiger partial charge in [-0.15, -0.1) is 0 Å². The van der Waals surface area contributed by atoms with Crippen LogP contribution >= 0.6 is 11.8 Å². The van der Waals surface area contributed by atoms with E-state index in [-0.39, 0.29) is 0 Å². The number of rotatable bonds is 6. The quantitative estimate of drug-likeness (QED) is 0.565. The maximum atomic E-state index is 10.6. The smallest absolute Gasteiger partial charge is 0.475 e. The molecule has 2 N–H and O–H groups in total. The van der Waals surface area contributed by atoms with Gasteiger partial charge in [-0.2, -0.15) is 13.2 Å². The molecular weight excluding hydrogens is 433 g/mol. The Morgan fingerprint density at radius 3 is 2.71 bits per heavy atom. The molecule has 3 aromatic heterocycles. The third-order valence-electron chi connectivity index (χ3n) is 4.65. The number of hydrogen-bond donors (Lipinski definition) is 2. The number of aromatic nitrogens is 3. The van der Waals surface area contributed by atoms with Gasteiger partial charge in [-0.25, -0.2) is 14.8 Å². The van der Waals surface area contributed by atoms with Crippen LogP contribution in [0.1, 0.15) is 31.1 Å². The Hall–Kier alpha value is -2.79. The molecule has 11 heteroatoms. The van der Waals surface area contributed by atoms with Crippen LogP contribution in [0.3, 0.4) is 0 Å². The Labute approximate surface area is 180 Å². The van der Waals surface area contributed by atoms with Crippen LogP contribution in [-0.4, -0.2) is 37.8 Å². The fraction of sp³-hybridized carbons (Fsp3) is 0.350. The van der Waals surface area contributed by atoms with E-state index in [4.69, 9.17) is 14.3 Å². The minimum Gasteiger partial charge on any atom is -0.475 e. The second-order valence-corrected chi connectivity index (χ2v) is 7.81. The maximum Gasteiger partial charge on any atom is 0.490 e. The van der Waals surface area contributed by atoms with Crippen LogP contribution in [0.25, 0.3) is 0 Å². The van der Waals surface area contributed by atoms with Crippen LogP contribution < -0.4 is 5.32 Å². The molecule has 0 radical (unpaired) electrons. The molecule has 31 heavy (non-hydrogen) atoms. The number of imidazole rings is 1. The van der Waals surface area contributed by atoms with Crippen LogP contribution in [0.5, 0.6) is 0 Å². The van der Waals surface area contributed by atoms with Gasteiger partial charge >= 0.3 is 12.1 Å². The minimum absolute atomic E-state index is 0.469. The zero-order valence-electron chi connectivity index (χ0n) is 16.3. The zero-order valence-corrected chi connectivity index (χ0v) is 17.1. The van der Waals surface area contributed by atoms with Crippen LogP contribution in [0, 0.1) is 0 Å². The molecule has 4 rings (SSSR count). The summed E-state index contributed by atoms with van der Waals surface area (Å²) in [5, 5.41) is 12.6. The van der Waals surface area contributed by atoms with Gasteiger partial charge in [-0.3, -0.25) is 0 Å². The van der Waals surface area contributed by atoms with Crippen molar-refractivity contribution in [3.8, 4) is 0 Å². The predicted octanol–water partition coefficient (Wildman–Crippen LogP) is 4.54. The number of carbonyl (C=O) groups is 1. The lowest BCUT2D eigenvalue weighted by atomic mass is 10.1. The summed E-state index contributed by atoms with van der Waals surface area (Å²) in [5.74, 6) is -1.79. The van der Waals surface area contributed by atoms with Crippen LogP contribution in [0.2, 0.25) is 0 Å². The van der Waals surface area contributed by atoms with Gasteiger partial charge in [0.05, 0.1) is 12.9 Å². The molecule has 3 aromatic rings. The number of carboxylic acids is 1. The van der Waals surface area contributed by atoms with E-state index in [1.54, 1.807) is 18.0 Å². The highest BCUT2D eigenvalue weighted by atomic mass is 32.2. The second kappa shape index (κ2) is 10.5. The largest absolute Gasteiger partial charge is 0.490 e. The van der Waals surface area contributed by atoms with E-state index in [1.165, 1.54) is 19.3 Å². The molecule has 0 amide bonds. The highest BCUT2D eigenvalue weighted by Crippen LogP contribution is 2.31. The molecule has 0 bridgehead atoms. The lowest BCUT2D eigenvalue weighted by Gasteiger charge is -2.21. The van der Waals surface area contributed by atoms with E-state index in [1.807, 2.05) is 42.9 Å². The minimum atomic E-state index is -5.08. The number of aliphatic carboxylic acids is 1. The normalized spacial score (nSPS) is 18.4. The van der Waals surface area contributed by atoms with Crippen LogP contribution in [-0.2, 0) is 11.3 Å². The fourth-order valence-corrected chi connectivity index (χ4v) is 4.00. The second-order valence-electron chi connectivity index (χ2n) is 6.79. The van der Waals surface area contributed by atoms with Crippen molar-refractivity contribution < 1.29 is 27.5 Å². The van der Waals surface area contributed by atoms with Crippen molar-refractivity contribution in [3.05, 3.63) is 61.0 Å². The Balaban J connectivity index is 0.000000339. The molecule has 3 heterocycles. The third kappa shape index (κ3) is 6.86. The van der Waals surface area contributed by atoms with Gasteiger partial charge in [-0.05, 0) is 55.3 Å². The molecule has 166 valence electrons. The molecule has 1 saturated carbocycles. The van der Waals surface area contributed by atoms with Crippen molar-refractivity contribution in [3.63, 3.8) is 0 Å². The predicted molar refractivity (Wildman–Crippen MR) is 107 cm³/mol. The standard InChI is InChI=1S/C18H20N4OS.C2HF3O2/c1-2-9-20-17(6-1)24-18-8-7-14(23-18)12-21-15-4-3-5-16(15)22-11-10-19-13-22;3-2(4,5)1(6)7/h1-2,6-11,13,15-16,21H,3-5,12H2;(H,6,7)/t15-,16+;/m1./s1. The maximum absolute atomic E-state index is 10.6. The van der Waals surface area contributed by atoms with Crippen molar-refractivity contribution in [2.24, 2.45) is 0 Å². The van der Waals surface area contributed by atoms with Gasteiger partial charge in [0.1, 0.15) is 10.8 Å². The average Bonchev–Trinajstić information content (AvgIpc) is 3.48. The van der Waals surface area contributed by atoms with Gasteiger partial charge in [0.25, 0.3) is 0 Å². The number of carboxylic acid groups (broad SMARTS) is 1. The first kappa shape index (κ1) is 22.9. The van der Waals surface area contributed by atoms with E-state index in [9.17, 15) is 13.2 Å². The Bertz CT molecular complexity index is 948. The van der Waals surface area contributed by atoms with Crippen LogP contribution in [0.15, 0.2) is 69.8 Å². The van der Waals surface area contributed by atoms with Gasteiger partial charge < -0.3 is 19.4 Å². The van der Waals surface area contributed by atoms with Crippen molar-refractivity contribution >= 4 is 17.7 Å². The molecule has 0 saturated heterocycles. The van der Waals surface area contributed by atoms with Crippen molar-refractivity contribution in [1.29, 1.82) is 0 Å². The topological polar surface area (TPSA) is 93.2 Å². The van der Waals surface area contributed by atoms with E-state index in [0.29, 0.717) is 12.1 Å². The third-order valence-corrected chi connectivity index (χ3v) is 5.52. The molecule has 0 spiro atoms. The summed E-state index contributed by atoms with van der Waals surface area (Å²) >= 11 is 1.55. The molecule has 0 aliphatic heterocycles. The molecular formula is C20H21F3N4O3S. The number of pyridine rings is 1. The first-order valence-corrected chi connectivity index (χ1v) is 10.3. The number of hydrogen-bond acceptors (Lipinski definition) is 6. The fourth-order valence-electron chi connectivity index (χ4n) is 3.25. The summed E-state index contributed by atoms with van der Waals surface area (Å²) in [5.41, 5.74) is 0. The lowest BCUT2D eigenvalue weighted by Crippen LogP contribution is -2.33. The summed E-state index contributed by atoms with van der Waals surface area (Å²) in [7, 11) is 0. The summed E-state index contributed by atoms with van der Waals surface area (Å²) in [6.07, 6.45) is 6.18. The molecule has 2 atom stereocenters. The number of nitrogens with zero attached hydrogens (tertiary/aromatic N) is 3. The summed E-state index contributed by atoms with van der Waals surface area (Å²) in [6, 6.07) is 10.9. The lowest BCUT2D eigenvalue weighted by molar-refractivity contribution is -0.192. The van der Waals surface area contributed by atoms with Crippen molar-refractivity contribution in [2.45, 2.75) is 54.2 Å². The Kier molecular flexibility index (Phi) is 7.75. The SMILES string of the molecule is O=C(O)C(F)(F)F.c1ccc(Sc2ccc(CN[C@@H]3CCC[C@@H]3n3ccnc3)o2)nc1. The highest BCUT2D eigenvalue weighted by Gasteiger charge is 2.38. The van der Waals surface area contributed by atoms with Gasteiger partial charge in [0.15, 0.2) is 5.09 Å². The number of nitrogens with one attached hydrogen (secondary N) is 1. The average molecular weight is 454 g/mol. The van der Waals surface area contributed by atoms with Gasteiger partial charge in [0, 0.05) is 30.7 Å². The molecule has 0 unspecified atom stereocenters. The summed E-state index contributed by atoms with van der Waals surface area (Å²) in [4.78, 5) is 17.4. The summed E-state index contributed by atoms with van der Waals surface area (Å²) < 4.78 is 39.9. The van der Waals surface area contributed by atoms with Crippen molar-refractivity contribution in [2.75, 3.05) is 0 Å². The molecule has 1 aliphatic carbocycles. The van der Waals surface area contributed by atoms with Gasteiger partial charge in [-0.1, -0.05) is 6.07 Å². The Morgan fingerprint density at radius 2 is 2.06 bits per heavy atom.